The van der Waals surface area contributed by atoms with Gasteiger partial charge in [0.1, 0.15) is 19.3 Å². The highest BCUT2D eigenvalue weighted by Gasteiger charge is 2.08. The third kappa shape index (κ3) is 5.53. The zero-order chi connectivity index (χ0) is 18.9. The van der Waals surface area contributed by atoms with Crippen LogP contribution in [-0.2, 0) is 24.5 Å². The van der Waals surface area contributed by atoms with Gasteiger partial charge in [0.15, 0.2) is 11.5 Å². The van der Waals surface area contributed by atoms with E-state index in [1.165, 1.54) is 6.33 Å². The van der Waals surface area contributed by atoms with Crippen molar-refractivity contribution in [1.82, 2.24) is 25.1 Å². The second-order valence-corrected chi connectivity index (χ2v) is 5.81. The number of carbonyl (C=O) groups excluding carboxylic acids is 1. The SMILES string of the molecule is COc1cc(CNC(=O)CCn2cncn2)ccc1OCc1ccncc1. The van der Waals surface area contributed by atoms with Gasteiger partial charge in [0.05, 0.1) is 13.7 Å². The summed E-state index contributed by atoms with van der Waals surface area (Å²) < 4.78 is 12.9. The quantitative estimate of drug-likeness (QED) is 0.622. The molecule has 2 aromatic heterocycles. The summed E-state index contributed by atoms with van der Waals surface area (Å²) >= 11 is 0. The van der Waals surface area contributed by atoms with Gasteiger partial charge in [-0.3, -0.25) is 14.5 Å². The van der Waals surface area contributed by atoms with Crippen molar-refractivity contribution in [3.05, 3.63) is 66.5 Å². The molecule has 3 aromatic rings. The van der Waals surface area contributed by atoms with Crippen LogP contribution in [0.2, 0.25) is 0 Å². The Labute approximate surface area is 157 Å². The van der Waals surface area contributed by atoms with Crippen molar-refractivity contribution in [1.29, 1.82) is 0 Å². The standard InChI is InChI=1S/C19H21N5O3/c1-26-18-10-16(11-22-19(25)6-9-24-14-21-13-23-24)2-3-17(18)27-12-15-4-7-20-8-5-15/h2-5,7-8,10,13-14H,6,9,11-12H2,1H3,(H,22,25). The number of nitrogens with one attached hydrogen (secondary N) is 1. The van der Waals surface area contributed by atoms with E-state index in [1.807, 2.05) is 30.3 Å². The number of rotatable bonds is 9. The first-order valence-corrected chi connectivity index (χ1v) is 8.52. The van der Waals surface area contributed by atoms with E-state index in [1.54, 1.807) is 30.5 Å². The highest BCUT2D eigenvalue weighted by atomic mass is 16.5. The molecule has 0 aliphatic heterocycles. The van der Waals surface area contributed by atoms with E-state index in [-0.39, 0.29) is 5.91 Å². The molecule has 1 N–H and O–H groups in total. The van der Waals surface area contributed by atoms with Crippen LogP contribution in [0.25, 0.3) is 0 Å². The first kappa shape index (κ1) is 18.4. The Morgan fingerprint density at radius 3 is 2.70 bits per heavy atom. The van der Waals surface area contributed by atoms with Gasteiger partial charge in [-0.05, 0) is 35.4 Å². The van der Waals surface area contributed by atoms with Crippen LogP contribution in [0.15, 0.2) is 55.4 Å². The maximum atomic E-state index is 12.0. The zero-order valence-corrected chi connectivity index (χ0v) is 15.0. The first-order chi connectivity index (χ1) is 13.2. The highest BCUT2D eigenvalue weighted by Crippen LogP contribution is 2.28. The van der Waals surface area contributed by atoms with Crippen molar-refractivity contribution in [3.8, 4) is 11.5 Å². The minimum absolute atomic E-state index is 0.0533. The third-order valence-electron chi connectivity index (χ3n) is 3.90. The Morgan fingerprint density at radius 1 is 1.11 bits per heavy atom. The molecule has 0 saturated carbocycles. The van der Waals surface area contributed by atoms with Gasteiger partial charge in [0.2, 0.25) is 5.91 Å². The molecular formula is C19H21N5O3. The number of nitrogens with zero attached hydrogens (tertiary/aromatic N) is 4. The maximum Gasteiger partial charge on any atom is 0.222 e. The lowest BCUT2D eigenvalue weighted by molar-refractivity contribution is -0.121. The maximum absolute atomic E-state index is 12.0. The predicted octanol–water partition coefficient (Wildman–Crippen LogP) is 1.97. The van der Waals surface area contributed by atoms with Crippen molar-refractivity contribution >= 4 is 5.91 Å². The summed E-state index contributed by atoms with van der Waals surface area (Å²) in [5, 5.41) is 6.86. The van der Waals surface area contributed by atoms with Crippen LogP contribution in [0.5, 0.6) is 11.5 Å². The minimum atomic E-state index is -0.0533. The molecule has 140 valence electrons. The molecule has 1 aromatic carbocycles. The molecule has 0 radical (unpaired) electrons. The molecule has 0 fully saturated rings. The van der Waals surface area contributed by atoms with E-state index in [0.29, 0.717) is 37.6 Å². The Balaban J connectivity index is 1.51. The Hall–Kier alpha value is -3.42. The fourth-order valence-corrected chi connectivity index (χ4v) is 2.43. The Morgan fingerprint density at radius 2 is 1.96 bits per heavy atom. The average molecular weight is 367 g/mol. The molecule has 0 atom stereocenters. The molecule has 1 amide bonds. The molecule has 0 aliphatic rings. The number of ether oxygens (including phenoxy) is 2. The lowest BCUT2D eigenvalue weighted by Gasteiger charge is -2.13. The summed E-state index contributed by atoms with van der Waals surface area (Å²) in [4.78, 5) is 19.8. The normalized spacial score (nSPS) is 10.4. The molecule has 0 bridgehead atoms. The molecule has 8 heteroatoms. The van der Waals surface area contributed by atoms with E-state index in [9.17, 15) is 4.79 Å². The molecular weight excluding hydrogens is 346 g/mol. The van der Waals surface area contributed by atoms with Gasteiger partial charge >= 0.3 is 0 Å². The third-order valence-corrected chi connectivity index (χ3v) is 3.90. The van der Waals surface area contributed by atoms with Crippen molar-refractivity contribution in [2.75, 3.05) is 7.11 Å². The number of benzene rings is 1. The molecule has 0 spiro atoms. The van der Waals surface area contributed by atoms with Gasteiger partial charge < -0.3 is 14.8 Å². The second kappa shape index (κ2) is 9.33. The van der Waals surface area contributed by atoms with Crippen LogP contribution in [0.3, 0.4) is 0 Å². The predicted molar refractivity (Wildman–Crippen MR) is 98.0 cm³/mol. The fourth-order valence-electron chi connectivity index (χ4n) is 2.43. The molecule has 3 rings (SSSR count). The number of hydrogen-bond acceptors (Lipinski definition) is 6. The number of aromatic nitrogens is 4. The van der Waals surface area contributed by atoms with Crippen LogP contribution in [0.4, 0.5) is 0 Å². The first-order valence-electron chi connectivity index (χ1n) is 8.52. The van der Waals surface area contributed by atoms with E-state index >= 15 is 0 Å². The molecule has 2 heterocycles. The van der Waals surface area contributed by atoms with Gasteiger partial charge in [-0.1, -0.05) is 6.07 Å². The summed E-state index contributed by atoms with van der Waals surface area (Å²) in [5.41, 5.74) is 1.95. The molecule has 8 nitrogen and oxygen atoms in total. The number of amides is 1. The average Bonchev–Trinajstić information content (AvgIpc) is 3.24. The van der Waals surface area contributed by atoms with Crippen LogP contribution in [0, 0.1) is 0 Å². The largest absolute Gasteiger partial charge is 0.493 e. The van der Waals surface area contributed by atoms with Crippen molar-refractivity contribution in [3.63, 3.8) is 0 Å². The molecule has 27 heavy (non-hydrogen) atoms. The van der Waals surface area contributed by atoms with E-state index in [4.69, 9.17) is 9.47 Å². The highest BCUT2D eigenvalue weighted by molar-refractivity contribution is 5.75. The Kier molecular flexibility index (Phi) is 6.35. The second-order valence-electron chi connectivity index (χ2n) is 5.81. The number of carbonyl (C=O) groups is 1. The van der Waals surface area contributed by atoms with E-state index < -0.39 is 0 Å². The summed E-state index contributed by atoms with van der Waals surface area (Å²) in [7, 11) is 1.59. The van der Waals surface area contributed by atoms with Crippen LogP contribution in [0.1, 0.15) is 17.5 Å². The number of hydrogen-bond donors (Lipinski definition) is 1. The van der Waals surface area contributed by atoms with Gasteiger partial charge in [0, 0.05) is 25.4 Å². The van der Waals surface area contributed by atoms with Crippen LogP contribution >= 0.6 is 0 Å². The topological polar surface area (TPSA) is 91.2 Å². The zero-order valence-electron chi connectivity index (χ0n) is 15.0. The minimum Gasteiger partial charge on any atom is -0.493 e. The van der Waals surface area contributed by atoms with Gasteiger partial charge in [0.25, 0.3) is 0 Å². The number of methoxy groups -OCH3 is 1. The number of aryl methyl sites for hydroxylation is 1. The van der Waals surface area contributed by atoms with Gasteiger partial charge in [-0.25, -0.2) is 4.98 Å². The van der Waals surface area contributed by atoms with Crippen LogP contribution < -0.4 is 14.8 Å². The molecule has 0 aliphatic carbocycles. The summed E-state index contributed by atoms with van der Waals surface area (Å²) in [6.45, 7) is 1.34. The van der Waals surface area contributed by atoms with Crippen molar-refractivity contribution in [2.45, 2.75) is 26.1 Å². The monoisotopic (exact) mass is 367 g/mol. The summed E-state index contributed by atoms with van der Waals surface area (Å²) in [5.74, 6) is 1.22. The van der Waals surface area contributed by atoms with E-state index in [2.05, 4.69) is 20.4 Å². The number of pyridine rings is 1. The lowest BCUT2D eigenvalue weighted by atomic mass is 10.2. The fraction of sp³-hybridized carbons (Fsp3) is 0.263. The lowest BCUT2D eigenvalue weighted by Crippen LogP contribution is -2.24. The summed E-state index contributed by atoms with van der Waals surface area (Å²) in [6.07, 6.45) is 6.83. The molecule has 0 saturated heterocycles. The smallest absolute Gasteiger partial charge is 0.222 e. The molecule has 0 unspecified atom stereocenters. The summed E-state index contributed by atoms with van der Waals surface area (Å²) in [6, 6.07) is 9.41. The van der Waals surface area contributed by atoms with Gasteiger partial charge in [-0.15, -0.1) is 0 Å². The van der Waals surface area contributed by atoms with Crippen molar-refractivity contribution in [2.24, 2.45) is 0 Å². The van der Waals surface area contributed by atoms with Crippen molar-refractivity contribution < 1.29 is 14.3 Å². The van der Waals surface area contributed by atoms with E-state index in [0.717, 1.165) is 11.1 Å². The Bertz CT molecular complexity index is 853. The van der Waals surface area contributed by atoms with Crippen LogP contribution in [-0.4, -0.2) is 32.8 Å². The van der Waals surface area contributed by atoms with Gasteiger partial charge in [-0.2, -0.15) is 5.10 Å².